The summed E-state index contributed by atoms with van der Waals surface area (Å²) in [6, 6.07) is 9.10. The van der Waals surface area contributed by atoms with E-state index in [-0.39, 0.29) is 32.3 Å². The molecule has 178 valence electrons. The number of imide groups is 1. The van der Waals surface area contributed by atoms with E-state index in [1.165, 1.54) is 0 Å². The minimum atomic E-state index is -3.83. The van der Waals surface area contributed by atoms with E-state index in [9.17, 15) is 28.9 Å². The first-order chi connectivity index (χ1) is 15.1. The molecule has 0 aliphatic carbocycles. The van der Waals surface area contributed by atoms with Crippen molar-refractivity contribution in [2.45, 2.75) is 51.7 Å². The maximum atomic E-state index is 13.0. The highest BCUT2D eigenvalue weighted by molar-refractivity contribution is 7.58. The fourth-order valence-electron chi connectivity index (χ4n) is 4.12. The van der Waals surface area contributed by atoms with Crippen LogP contribution in [0.2, 0.25) is 0 Å². The van der Waals surface area contributed by atoms with Crippen LogP contribution in [0.5, 0.6) is 0 Å². The lowest BCUT2D eigenvalue weighted by Crippen LogP contribution is -2.60. The summed E-state index contributed by atoms with van der Waals surface area (Å²) in [4.78, 5) is 47.0. The Labute approximate surface area is 188 Å². The largest absolute Gasteiger partial charge is 0.521 e. The van der Waals surface area contributed by atoms with Crippen molar-refractivity contribution in [3.8, 4) is 0 Å². The van der Waals surface area contributed by atoms with Crippen molar-refractivity contribution in [2.24, 2.45) is 0 Å². The lowest BCUT2D eigenvalue weighted by molar-refractivity contribution is -0.792. The van der Waals surface area contributed by atoms with Crippen LogP contribution in [0.15, 0.2) is 30.3 Å². The minimum Gasteiger partial charge on any atom is -0.464 e. The number of carboxylic acid groups (broad SMARTS) is 1. The molecule has 10 heteroatoms. The Hall–Kier alpha value is -2.06. The predicted octanol–water partition coefficient (Wildman–Crippen LogP) is 3.04. The van der Waals surface area contributed by atoms with Crippen molar-refractivity contribution in [1.82, 2.24) is 0 Å². The highest BCUT2D eigenvalue weighted by atomic mass is 31.2. The number of unbranched alkanes of at least 4 members (excludes halogenated alkanes) is 1. The molecule has 0 aromatic heterocycles. The van der Waals surface area contributed by atoms with Gasteiger partial charge in [-0.1, -0.05) is 30.3 Å². The third-order valence-corrected chi connectivity index (χ3v) is 7.60. The van der Waals surface area contributed by atoms with E-state index in [1.807, 2.05) is 30.3 Å². The molecule has 2 N–H and O–H groups in total. The molecule has 1 unspecified atom stereocenters. The molecular formula is C22H33NO8P+. The Morgan fingerprint density at radius 1 is 1.19 bits per heavy atom. The number of quaternary nitrogens is 1. The Balaban J connectivity index is 1.94. The summed E-state index contributed by atoms with van der Waals surface area (Å²) in [5.41, 5.74) is 1.13. The zero-order valence-corrected chi connectivity index (χ0v) is 19.5. The topological polar surface area (TPSA) is 127 Å². The first kappa shape index (κ1) is 26.2. The lowest BCUT2D eigenvalue weighted by atomic mass is 10.1. The smallest absolute Gasteiger partial charge is 0.464 e. The Morgan fingerprint density at radius 2 is 1.88 bits per heavy atom. The second-order valence-corrected chi connectivity index (χ2v) is 10.7. The molecule has 1 aliphatic heterocycles. The lowest BCUT2D eigenvalue weighted by Gasteiger charge is -2.30. The number of amides is 2. The highest BCUT2D eigenvalue weighted by Crippen LogP contribution is 2.43. The average molecular weight is 470 g/mol. The molecule has 0 saturated carbocycles. The second kappa shape index (κ2) is 11.7. The van der Waals surface area contributed by atoms with Gasteiger partial charge in [-0.3, -0.25) is 4.57 Å². The minimum absolute atomic E-state index is 0.0393. The van der Waals surface area contributed by atoms with Gasteiger partial charge in [0.15, 0.2) is 0 Å². The fraction of sp³-hybridized carbons (Fsp3) is 0.591. The summed E-state index contributed by atoms with van der Waals surface area (Å²) in [6.45, 7) is 2.94. The van der Waals surface area contributed by atoms with Gasteiger partial charge in [0.2, 0.25) is 7.37 Å². The van der Waals surface area contributed by atoms with Crippen LogP contribution in [-0.2, 0) is 30.0 Å². The van der Waals surface area contributed by atoms with Crippen LogP contribution >= 0.6 is 7.37 Å². The van der Waals surface area contributed by atoms with E-state index < -0.39 is 48.1 Å². The number of benzene rings is 1. The Bertz CT molecular complexity index is 846. The standard InChI is InChI=1S/C22H32NO8P/c1-3-30-21(25)15-31-19-13-17(2)23(14-19,22(26)27)20(24)16-32(28,29)12-8-7-11-18-9-5-4-6-10-18/h4-6,9-10,17,19H,3,7-8,11-16H2,1-2H3,(H-,26,27,28,29)/p+1/t17-,19+,23-/m1/s1. The normalized spacial score (nSPS) is 24.6. The zero-order chi connectivity index (χ0) is 23.8. The molecule has 1 heterocycles. The predicted molar refractivity (Wildman–Crippen MR) is 118 cm³/mol. The van der Waals surface area contributed by atoms with Crippen LogP contribution in [-0.4, -0.2) is 76.7 Å². The summed E-state index contributed by atoms with van der Waals surface area (Å²) >= 11 is 0. The number of rotatable bonds is 11. The summed E-state index contributed by atoms with van der Waals surface area (Å²) in [5, 5.41) is 9.85. The highest BCUT2D eigenvalue weighted by Gasteiger charge is 2.57. The number of hydrogen-bond acceptors (Lipinski definition) is 6. The third-order valence-electron chi connectivity index (χ3n) is 5.82. The molecule has 1 saturated heterocycles. The summed E-state index contributed by atoms with van der Waals surface area (Å²) < 4.78 is 22.0. The van der Waals surface area contributed by atoms with Crippen molar-refractivity contribution < 1.29 is 42.9 Å². The van der Waals surface area contributed by atoms with Gasteiger partial charge in [0.1, 0.15) is 31.5 Å². The van der Waals surface area contributed by atoms with Gasteiger partial charge in [-0.05, 0) is 38.7 Å². The Morgan fingerprint density at radius 3 is 2.50 bits per heavy atom. The van der Waals surface area contributed by atoms with E-state index in [0.717, 1.165) is 12.0 Å². The molecule has 0 radical (unpaired) electrons. The molecule has 2 rings (SSSR count). The fourth-order valence-corrected chi connectivity index (χ4v) is 5.67. The third kappa shape index (κ3) is 6.97. The van der Waals surface area contributed by atoms with Crippen LogP contribution in [0.4, 0.5) is 4.79 Å². The molecule has 4 atom stereocenters. The molecule has 1 aromatic carbocycles. The van der Waals surface area contributed by atoms with Crippen LogP contribution in [0, 0.1) is 0 Å². The molecule has 9 nitrogen and oxygen atoms in total. The molecule has 1 aliphatic rings. The number of aryl methyl sites for hydroxylation is 1. The van der Waals surface area contributed by atoms with Crippen LogP contribution < -0.4 is 0 Å². The van der Waals surface area contributed by atoms with Gasteiger partial charge in [0.25, 0.3) is 0 Å². The van der Waals surface area contributed by atoms with Crippen molar-refractivity contribution in [2.75, 3.05) is 32.1 Å². The summed E-state index contributed by atoms with van der Waals surface area (Å²) in [7, 11) is -3.83. The van der Waals surface area contributed by atoms with Gasteiger partial charge in [-0.15, -0.1) is 0 Å². The number of hydrogen-bond donors (Lipinski definition) is 2. The second-order valence-electron chi connectivity index (χ2n) is 8.22. The zero-order valence-electron chi connectivity index (χ0n) is 18.6. The first-order valence-corrected chi connectivity index (χ1v) is 12.9. The molecular weight excluding hydrogens is 437 g/mol. The molecule has 32 heavy (non-hydrogen) atoms. The van der Waals surface area contributed by atoms with E-state index in [4.69, 9.17) is 9.47 Å². The monoisotopic (exact) mass is 470 g/mol. The maximum absolute atomic E-state index is 13.0. The van der Waals surface area contributed by atoms with Crippen molar-refractivity contribution in [1.29, 1.82) is 0 Å². The number of likely N-dealkylation sites (tertiary alicyclic amines) is 1. The quantitative estimate of drug-likeness (QED) is 0.219. The van der Waals surface area contributed by atoms with E-state index in [1.54, 1.807) is 13.8 Å². The molecule has 1 fully saturated rings. The number of esters is 1. The van der Waals surface area contributed by atoms with Gasteiger partial charge in [-0.2, -0.15) is 9.28 Å². The van der Waals surface area contributed by atoms with Gasteiger partial charge in [0.05, 0.1) is 6.61 Å². The maximum Gasteiger partial charge on any atom is 0.521 e. The van der Waals surface area contributed by atoms with Crippen molar-refractivity contribution >= 4 is 25.3 Å². The molecule has 2 amide bonds. The van der Waals surface area contributed by atoms with Crippen molar-refractivity contribution in [3.05, 3.63) is 35.9 Å². The number of carbonyl (C=O) groups excluding carboxylic acids is 2. The number of carbonyl (C=O) groups is 3. The number of nitrogens with zero attached hydrogens (tertiary/aromatic N) is 1. The van der Waals surface area contributed by atoms with Gasteiger partial charge >= 0.3 is 18.0 Å². The number of ether oxygens (including phenoxy) is 2. The molecule has 0 bridgehead atoms. The summed E-state index contributed by atoms with van der Waals surface area (Å²) in [6.07, 6.45) is -0.592. The molecule has 0 spiro atoms. The SMILES string of the molecule is CCOC(=O)CO[C@H]1C[C@@H](C)[N@@+](C(=O)O)(C(=O)CP(=O)(O)CCCCc2ccccc2)C1. The Kier molecular flexibility index (Phi) is 9.58. The molecule has 1 aromatic rings. The van der Waals surface area contributed by atoms with E-state index >= 15 is 0 Å². The van der Waals surface area contributed by atoms with E-state index in [2.05, 4.69) is 0 Å². The van der Waals surface area contributed by atoms with Crippen LogP contribution in [0.1, 0.15) is 38.7 Å². The summed E-state index contributed by atoms with van der Waals surface area (Å²) in [5.74, 6) is -1.37. The van der Waals surface area contributed by atoms with Gasteiger partial charge < -0.3 is 19.5 Å². The van der Waals surface area contributed by atoms with Crippen LogP contribution in [0.25, 0.3) is 0 Å². The van der Waals surface area contributed by atoms with Gasteiger partial charge in [-0.25, -0.2) is 9.59 Å². The van der Waals surface area contributed by atoms with Gasteiger partial charge in [0, 0.05) is 12.6 Å². The van der Waals surface area contributed by atoms with Crippen molar-refractivity contribution in [3.63, 3.8) is 0 Å². The van der Waals surface area contributed by atoms with Crippen LogP contribution in [0.3, 0.4) is 0 Å². The first-order valence-electron chi connectivity index (χ1n) is 10.9. The average Bonchev–Trinajstić information content (AvgIpc) is 3.08. The van der Waals surface area contributed by atoms with E-state index in [0.29, 0.717) is 12.8 Å².